The summed E-state index contributed by atoms with van der Waals surface area (Å²) in [5.41, 5.74) is 1.54. The third-order valence-corrected chi connectivity index (χ3v) is 12.9. The lowest BCUT2D eigenvalue weighted by molar-refractivity contribution is -0.150. The normalized spacial score (nSPS) is 21.5. The van der Waals surface area contributed by atoms with E-state index in [-0.39, 0.29) is 49.2 Å². The van der Waals surface area contributed by atoms with Crippen molar-refractivity contribution in [2.24, 2.45) is 5.92 Å². The van der Waals surface area contributed by atoms with Gasteiger partial charge in [-0.05, 0) is 66.7 Å². The van der Waals surface area contributed by atoms with E-state index in [0.717, 1.165) is 15.6 Å². The minimum atomic E-state index is -3.03. The Bertz CT molecular complexity index is 1950. The van der Waals surface area contributed by atoms with Crippen LogP contribution in [-0.2, 0) is 33.0 Å². The van der Waals surface area contributed by atoms with Gasteiger partial charge in [-0.2, -0.15) is 0 Å². The second-order valence-electron chi connectivity index (χ2n) is 13.6. The maximum atomic E-state index is 14.9. The highest BCUT2D eigenvalue weighted by atomic mass is 79.9. The van der Waals surface area contributed by atoms with Gasteiger partial charge in [-0.25, -0.2) is 0 Å². The number of pyridine rings is 1. The molecule has 1 saturated heterocycles. The molecule has 2 N–H and O–H groups in total. The maximum Gasteiger partial charge on any atom is 0.297 e. The molecule has 3 heterocycles. The first kappa shape index (κ1) is 35.7. The lowest BCUT2D eigenvalue weighted by Crippen LogP contribution is -2.46. The van der Waals surface area contributed by atoms with Gasteiger partial charge in [-0.15, -0.1) is 0 Å². The summed E-state index contributed by atoms with van der Waals surface area (Å²) in [5.74, 6) is -0.725. The van der Waals surface area contributed by atoms with Crippen LogP contribution >= 0.6 is 15.9 Å². The zero-order valence-electron chi connectivity index (χ0n) is 28.6. The zero-order valence-corrected chi connectivity index (χ0v) is 31.2. The van der Waals surface area contributed by atoms with Crippen LogP contribution in [0.3, 0.4) is 0 Å². The van der Waals surface area contributed by atoms with Gasteiger partial charge in [-0.1, -0.05) is 65.3 Å². The maximum absolute atomic E-state index is 14.9. The number of benzene rings is 3. The molecule has 12 heteroatoms. The largest absolute Gasteiger partial charge is 0.491 e. The number of nitrogens with zero attached hydrogens (tertiary/aromatic N) is 3. The lowest BCUT2D eigenvalue weighted by atomic mass is 9.82. The van der Waals surface area contributed by atoms with Crippen LogP contribution in [0.1, 0.15) is 30.0 Å². The van der Waals surface area contributed by atoms with Crippen LogP contribution in [0, 0.1) is 5.92 Å². The Labute approximate surface area is 301 Å². The van der Waals surface area contributed by atoms with E-state index in [4.69, 9.17) is 9.47 Å². The fraction of sp³-hybridized carbons (Fsp3) is 0.342. The predicted octanol–water partition coefficient (Wildman–Crippen LogP) is 5.36. The number of fused-ring (bicyclic) bond motifs is 2. The number of halogens is 1. The molecule has 50 heavy (non-hydrogen) atoms. The second-order valence-corrected chi connectivity index (χ2v) is 18.5. The number of methoxy groups -OCH3 is 1. The van der Waals surface area contributed by atoms with Crippen molar-refractivity contribution in [3.8, 4) is 11.4 Å². The van der Waals surface area contributed by atoms with Crippen molar-refractivity contribution < 1.29 is 29.0 Å². The number of hydrogen-bond acceptors (Lipinski definition) is 7. The molecule has 0 radical (unpaired) electrons. The van der Waals surface area contributed by atoms with Crippen molar-refractivity contribution in [2.75, 3.05) is 25.2 Å². The van der Waals surface area contributed by atoms with Crippen LogP contribution in [-0.4, -0.2) is 65.9 Å². The van der Waals surface area contributed by atoms with Crippen molar-refractivity contribution in [2.45, 2.75) is 56.8 Å². The predicted molar refractivity (Wildman–Crippen MR) is 197 cm³/mol. The van der Waals surface area contributed by atoms with Crippen LogP contribution < -0.4 is 15.2 Å². The van der Waals surface area contributed by atoms with Crippen LogP contribution in [0.25, 0.3) is 5.69 Å². The number of aliphatic hydroxyl groups is 1. The van der Waals surface area contributed by atoms with E-state index in [2.05, 4.69) is 15.9 Å². The molecule has 4 atom stereocenters. The Morgan fingerprint density at radius 3 is 2.46 bits per heavy atom. The number of amides is 2. The monoisotopic (exact) mass is 759 g/mol. The molecule has 262 valence electrons. The Morgan fingerprint density at radius 2 is 1.76 bits per heavy atom. The molecule has 0 aliphatic carbocycles. The second kappa shape index (κ2) is 14.3. The van der Waals surface area contributed by atoms with Gasteiger partial charge in [0.15, 0.2) is 19.7 Å². The Morgan fingerprint density at radius 1 is 1.02 bits per heavy atom. The minimum Gasteiger partial charge on any atom is -0.491 e. The molecular formula is C38H42BrN3O7Si. The molecule has 4 aromatic rings. The summed E-state index contributed by atoms with van der Waals surface area (Å²) in [5, 5.41) is 9.82. The number of rotatable bonds is 11. The fourth-order valence-corrected chi connectivity index (χ4v) is 10.7. The van der Waals surface area contributed by atoms with Crippen LogP contribution in [0.15, 0.2) is 100 Å². The van der Waals surface area contributed by atoms with Crippen molar-refractivity contribution in [1.82, 2.24) is 9.47 Å². The van der Waals surface area contributed by atoms with Gasteiger partial charge in [0.2, 0.25) is 5.91 Å². The van der Waals surface area contributed by atoms with E-state index in [1.54, 1.807) is 28.1 Å². The van der Waals surface area contributed by atoms with Crippen LogP contribution in [0.5, 0.6) is 5.75 Å². The molecule has 3 aromatic carbocycles. The molecule has 0 unspecified atom stereocenters. The number of ether oxygens (including phenoxy) is 2. The molecule has 2 aliphatic rings. The first-order chi connectivity index (χ1) is 23.9. The molecule has 0 bridgehead atoms. The summed E-state index contributed by atoms with van der Waals surface area (Å²) in [6.07, 6.45) is 0.888. The Balaban J connectivity index is 1.35. The van der Waals surface area contributed by atoms with Gasteiger partial charge in [0.1, 0.15) is 0 Å². The smallest absolute Gasteiger partial charge is 0.297 e. The summed E-state index contributed by atoms with van der Waals surface area (Å²) in [6, 6.07) is 26.0. The fourth-order valence-electron chi connectivity index (χ4n) is 7.74. The average Bonchev–Trinajstić information content (AvgIpc) is 3.51. The quantitative estimate of drug-likeness (QED) is 0.198. The number of aromatic nitrogens is 1. The molecular weight excluding hydrogens is 718 g/mol. The summed E-state index contributed by atoms with van der Waals surface area (Å²) < 4.78 is 14.4. The first-order valence-corrected chi connectivity index (χ1v) is 20.5. The van der Waals surface area contributed by atoms with E-state index in [1.165, 1.54) is 11.7 Å². The third kappa shape index (κ3) is 6.58. The molecule has 10 nitrogen and oxygen atoms in total. The van der Waals surface area contributed by atoms with Crippen molar-refractivity contribution in [3.63, 3.8) is 0 Å². The van der Waals surface area contributed by atoms with Crippen LogP contribution in [0.2, 0.25) is 18.6 Å². The summed E-state index contributed by atoms with van der Waals surface area (Å²) in [7, 11) is -1.57. The molecule has 2 aliphatic heterocycles. The molecule has 1 aromatic heterocycles. The van der Waals surface area contributed by atoms with Gasteiger partial charge in [0.05, 0.1) is 38.5 Å². The molecule has 1 spiro atoms. The van der Waals surface area contributed by atoms with Crippen molar-refractivity contribution >= 4 is 41.7 Å². The standard InChI is InChI=1S/C38H42BrN3O7Si/c1-25-35(50(3,4)47)33(22-34(44)40(18-19-43)23-26-10-6-5-7-11-26)49-38(25)30-21-28(39)15-16-31(30)42(37(38)46)24-27-12-8-13-29(20-27)41-17-9-14-32(48-2)36(41)45/h5-17,20-21,25,33,35,43,47H,18-19,22-24H2,1-4H3/t25-,33+,35-,38+/m0/s1. The highest BCUT2D eigenvalue weighted by Gasteiger charge is 2.66. The summed E-state index contributed by atoms with van der Waals surface area (Å²) in [6.45, 7) is 6.07. The molecule has 2 amide bonds. The number of carbonyl (C=O) groups excluding carboxylic acids is 2. The zero-order chi connectivity index (χ0) is 35.8. The molecule has 6 rings (SSSR count). The lowest BCUT2D eigenvalue weighted by Gasteiger charge is -2.32. The Kier molecular flexibility index (Phi) is 10.2. The summed E-state index contributed by atoms with van der Waals surface area (Å²) in [4.78, 5) is 56.8. The van der Waals surface area contributed by atoms with E-state index >= 15 is 0 Å². The van der Waals surface area contributed by atoms with Crippen LogP contribution in [0.4, 0.5) is 5.69 Å². The third-order valence-electron chi connectivity index (χ3n) is 9.92. The average molecular weight is 761 g/mol. The van der Waals surface area contributed by atoms with Crippen molar-refractivity contribution in [1.29, 1.82) is 0 Å². The van der Waals surface area contributed by atoms with Crippen molar-refractivity contribution in [3.05, 3.63) is 123 Å². The molecule has 1 fully saturated rings. The van der Waals surface area contributed by atoms with E-state index in [9.17, 15) is 24.3 Å². The highest BCUT2D eigenvalue weighted by molar-refractivity contribution is 9.10. The first-order valence-electron chi connectivity index (χ1n) is 16.7. The number of hydrogen-bond donors (Lipinski definition) is 2. The molecule has 0 saturated carbocycles. The highest BCUT2D eigenvalue weighted by Crippen LogP contribution is 2.60. The minimum absolute atomic E-state index is 0.0471. The topological polar surface area (TPSA) is 122 Å². The van der Waals surface area contributed by atoms with Gasteiger partial charge < -0.3 is 29.2 Å². The number of anilines is 1. The summed E-state index contributed by atoms with van der Waals surface area (Å²) >= 11 is 3.60. The van der Waals surface area contributed by atoms with Gasteiger partial charge >= 0.3 is 0 Å². The van der Waals surface area contributed by atoms with E-state index in [0.29, 0.717) is 23.5 Å². The van der Waals surface area contributed by atoms with Gasteiger partial charge in [0, 0.05) is 46.5 Å². The number of aliphatic hydroxyl groups excluding tert-OH is 1. The Hall–Kier alpha value is -4.07. The van der Waals surface area contributed by atoms with Gasteiger partial charge in [-0.3, -0.25) is 19.0 Å². The van der Waals surface area contributed by atoms with E-state index in [1.807, 2.05) is 92.8 Å². The number of carbonyl (C=O) groups is 2. The SMILES string of the molecule is COc1cccn(-c2cccc(CN3C(=O)[C@]4(O[C@H](CC(=O)N(CCO)Cc5ccccc5)[C@@H]([Si](C)(C)O)[C@@H]4C)c4cc(Br)ccc43)c2)c1=O. The van der Waals surface area contributed by atoms with Gasteiger partial charge in [0.25, 0.3) is 11.5 Å². The van der Waals surface area contributed by atoms with E-state index < -0.39 is 31.5 Å².